The van der Waals surface area contributed by atoms with Gasteiger partial charge in [-0.3, -0.25) is 4.90 Å². The van der Waals surface area contributed by atoms with Crippen molar-refractivity contribution in [2.75, 3.05) is 20.2 Å². The minimum absolute atomic E-state index is 0.181. The third-order valence-electron chi connectivity index (χ3n) is 3.83. The molecule has 2 aromatic carbocycles. The van der Waals surface area contributed by atoms with E-state index in [-0.39, 0.29) is 5.82 Å². The quantitative estimate of drug-likeness (QED) is 0.830. The van der Waals surface area contributed by atoms with Crippen molar-refractivity contribution in [2.45, 2.75) is 13.0 Å². The average molecular weight is 297 g/mol. The van der Waals surface area contributed by atoms with Crippen molar-refractivity contribution in [3.63, 3.8) is 0 Å². The zero-order valence-electron chi connectivity index (χ0n) is 12.8. The van der Waals surface area contributed by atoms with Crippen LogP contribution in [0.5, 0.6) is 5.75 Å². The zero-order chi connectivity index (χ0) is 15.4. The van der Waals surface area contributed by atoms with E-state index in [1.807, 2.05) is 18.2 Å². The average Bonchev–Trinajstić information content (AvgIpc) is 2.97. The van der Waals surface area contributed by atoms with Gasteiger partial charge in [0.1, 0.15) is 11.6 Å². The van der Waals surface area contributed by atoms with Gasteiger partial charge in [-0.05, 0) is 30.3 Å². The van der Waals surface area contributed by atoms with Crippen LogP contribution in [0.1, 0.15) is 16.7 Å². The first-order chi connectivity index (χ1) is 10.7. The number of rotatable bonds is 5. The Hall–Kier alpha value is -2.13. The van der Waals surface area contributed by atoms with Crippen molar-refractivity contribution in [3.05, 3.63) is 71.0 Å². The monoisotopic (exact) mass is 297 g/mol. The van der Waals surface area contributed by atoms with Gasteiger partial charge in [-0.15, -0.1) is 0 Å². The molecule has 0 aromatic heterocycles. The molecule has 0 atom stereocenters. The molecule has 1 aliphatic rings. The second kappa shape index (κ2) is 6.75. The number of hydrogen-bond donors (Lipinski definition) is 0. The summed E-state index contributed by atoms with van der Waals surface area (Å²) in [6.07, 6.45) is 4.83. The van der Waals surface area contributed by atoms with Gasteiger partial charge < -0.3 is 4.74 Å². The molecule has 114 valence electrons. The molecule has 3 heteroatoms. The van der Waals surface area contributed by atoms with Gasteiger partial charge in [-0.25, -0.2) is 4.39 Å². The highest BCUT2D eigenvalue weighted by atomic mass is 19.1. The van der Waals surface area contributed by atoms with Crippen molar-refractivity contribution in [1.29, 1.82) is 0 Å². The molecule has 0 saturated carbocycles. The molecule has 2 nitrogen and oxygen atoms in total. The van der Waals surface area contributed by atoms with Crippen LogP contribution in [0.4, 0.5) is 4.39 Å². The van der Waals surface area contributed by atoms with Crippen molar-refractivity contribution < 1.29 is 9.13 Å². The second-order valence-electron chi connectivity index (χ2n) is 5.66. The van der Waals surface area contributed by atoms with Gasteiger partial charge in [0.25, 0.3) is 0 Å². The van der Waals surface area contributed by atoms with E-state index in [1.54, 1.807) is 12.1 Å². The first kappa shape index (κ1) is 14.8. The van der Waals surface area contributed by atoms with E-state index in [9.17, 15) is 4.39 Å². The van der Waals surface area contributed by atoms with Gasteiger partial charge in [0.05, 0.1) is 6.61 Å². The number of ether oxygens (including phenoxy) is 1. The third kappa shape index (κ3) is 3.55. The van der Waals surface area contributed by atoms with E-state index in [0.717, 1.165) is 31.9 Å². The molecule has 1 heterocycles. The highest BCUT2D eigenvalue weighted by Crippen LogP contribution is 2.26. The fourth-order valence-electron chi connectivity index (χ4n) is 2.68. The second-order valence-corrected chi connectivity index (χ2v) is 5.66. The molecule has 2 aromatic rings. The summed E-state index contributed by atoms with van der Waals surface area (Å²) in [5, 5.41) is 0. The lowest BCUT2D eigenvalue weighted by atomic mass is 10.1. The van der Waals surface area contributed by atoms with E-state index in [4.69, 9.17) is 4.74 Å². The van der Waals surface area contributed by atoms with Gasteiger partial charge in [0, 0.05) is 25.1 Å². The van der Waals surface area contributed by atoms with Crippen LogP contribution in [0.25, 0.3) is 6.08 Å². The highest BCUT2D eigenvalue weighted by Gasteiger charge is 2.12. The Labute approximate surface area is 130 Å². The number of halogens is 1. The van der Waals surface area contributed by atoms with Gasteiger partial charge in [0.15, 0.2) is 0 Å². The van der Waals surface area contributed by atoms with Crippen LogP contribution in [0.2, 0.25) is 0 Å². The van der Waals surface area contributed by atoms with E-state index < -0.39 is 0 Å². The van der Waals surface area contributed by atoms with Crippen LogP contribution < -0.4 is 4.74 Å². The number of nitrogens with zero attached hydrogens (tertiary/aromatic N) is 1. The number of likely N-dealkylation sites (N-methyl/N-ethyl adjacent to an activating group) is 1. The minimum atomic E-state index is -0.181. The minimum Gasteiger partial charge on any atom is -0.493 e. The maximum Gasteiger partial charge on any atom is 0.130 e. The van der Waals surface area contributed by atoms with Crippen LogP contribution in [-0.2, 0) is 13.0 Å². The van der Waals surface area contributed by atoms with Crippen LogP contribution in [-0.4, -0.2) is 25.1 Å². The molecule has 1 aliphatic heterocycles. The molecule has 0 saturated heterocycles. The molecule has 0 fully saturated rings. The predicted octanol–water partition coefficient (Wildman–Crippen LogP) is 3.91. The summed E-state index contributed by atoms with van der Waals surface area (Å²) in [5.41, 5.74) is 3.21. The lowest BCUT2D eigenvalue weighted by Gasteiger charge is -2.15. The van der Waals surface area contributed by atoms with Crippen LogP contribution in [0, 0.1) is 5.82 Å². The van der Waals surface area contributed by atoms with Crippen LogP contribution >= 0.6 is 0 Å². The van der Waals surface area contributed by atoms with Crippen molar-refractivity contribution in [2.24, 2.45) is 0 Å². The van der Waals surface area contributed by atoms with Crippen molar-refractivity contribution in [3.8, 4) is 5.75 Å². The standard InChI is InChI=1S/C19H20FNO/c1-21(11-4-6-16-5-2-3-7-18(16)20)14-15-8-9-19-17(13-15)10-12-22-19/h2-9,13H,10-12,14H2,1H3. The lowest BCUT2D eigenvalue weighted by molar-refractivity contribution is 0.356. The molecule has 3 rings (SSSR count). The van der Waals surface area contributed by atoms with Crippen molar-refractivity contribution >= 4 is 6.08 Å². The van der Waals surface area contributed by atoms with Crippen LogP contribution in [0.3, 0.4) is 0 Å². The summed E-state index contributed by atoms with van der Waals surface area (Å²) in [7, 11) is 2.06. The lowest BCUT2D eigenvalue weighted by Crippen LogP contribution is -2.17. The molecular weight excluding hydrogens is 277 g/mol. The molecule has 0 unspecified atom stereocenters. The SMILES string of the molecule is CN(CC=Cc1ccccc1F)Cc1ccc2c(c1)CCO2. The summed E-state index contributed by atoms with van der Waals surface area (Å²) < 4.78 is 19.0. The Morgan fingerprint density at radius 1 is 1.23 bits per heavy atom. The largest absolute Gasteiger partial charge is 0.493 e. The Morgan fingerprint density at radius 3 is 2.95 bits per heavy atom. The van der Waals surface area contributed by atoms with E-state index in [2.05, 4.69) is 30.1 Å². The highest BCUT2D eigenvalue weighted by molar-refractivity contribution is 5.49. The summed E-state index contributed by atoms with van der Waals surface area (Å²) in [4.78, 5) is 2.20. The van der Waals surface area contributed by atoms with Gasteiger partial charge >= 0.3 is 0 Å². The first-order valence-electron chi connectivity index (χ1n) is 7.56. The van der Waals surface area contributed by atoms with Crippen LogP contribution in [0.15, 0.2) is 48.5 Å². The summed E-state index contributed by atoms with van der Waals surface area (Å²) in [6.45, 7) is 2.44. The fraction of sp³-hybridized carbons (Fsp3) is 0.263. The number of fused-ring (bicyclic) bond motifs is 1. The Morgan fingerprint density at radius 2 is 2.09 bits per heavy atom. The maximum atomic E-state index is 13.5. The zero-order valence-corrected chi connectivity index (χ0v) is 12.8. The molecule has 0 radical (unpaired) electrons. The fourth-order valence-corrected chi connectivity index (χ4v) is 2.68. The molecule has 0 amide bonds. The Balaban J connectivity index is 1.56. The smallest absolute Gasteiger partial charge is 0.130 e. The van der Waals surface area contributed by atoms with Gasteiger partial charge in [-0.2, -0.15) is 0 Å². The van der Waals surface area contributed by atoms with Crippen molar-refractivity contribution in [1.82, 2.24) is 4.90 Å². The normalized spacial score (nSPS) is 13.6. The van der Waals surface area contributed by atoms with Gasteiger partial charge in [-0.1, -0.05) is 42.5 Å². The maximum absolute atomic E-state index is 13.5. The Bertz CT molecular complexity index is 681. The summed E-state index contributed by atoms with van der Waals surface area (Å²) >= 11 is 0. The topological polar surface area (TPSA) is 12.5 Å². The molecular formula is C19H20FNO. The molecule has 0 N–H and O–H groups in total. The molecule has 22 heavy (non-hydrogen) atoms. The number of hydrogen-bond acceptors (Lipinski definition) is 2. The summed E-state index contributed by atoms with van der Waals surface area (Å²) in [6, 6.07) is 13.2. The first-order valence-corrected chi connectivity index (χ1v) is 7.56. The molecule has 0 bridgehead atoms. The van der Waals surface area contributed by atoms with E-state index >= 15 is 0 Å². The number of benzene rings is 2. The predicted molar refractivity (Wildman–Crippen MR) is 87.4 cm³/mol. The van der Waals surface area contributed by atoms with Gasteiger partial charge in [0.2, 0.25) is 0 Å². The molecule has 0 spiro atoms. The molecule has 0 aliphatic carbocycles. The Kier molecular flexibility index (Phi) is 4.54. The third-order valence-corrected chi connectivity index (χ3v) is 3.83. The van der Waals surface area contributed by atoms with E-state index in [0.29, 0.717) is 5.56 Å². The van der Waals surface area contributed by atoms with E-state index in [1.165, 1.54) is 17.2 Å². The summed E-state index contributed by atoms with van der Waals surface area (Å²) in [5.74, 6) is 0.839.